The fourth-order valence-electron chi connectivity index (χ4n) is 10.3. The van der Waals surface area contributed by atoms with Gasteiger partial charge in [-0.1, -0.05) is 127 Å². The van der Waals surface area contributed by atoms with E-state index in [0.717, 1.165) is 73.9 Å². The maximum atomic E-state index is 15.2. The van der Waals surface area contributed by atoms with Gasteiger partial charge in [-0.05, 0) is 97.8 Å². The smallest absolute Gasteiger partial charge is 0.239 e. The Morgan fingerprint density at radius 1 is 0.600 bits per heavy atom. The normalized spacial score (nSPS) is 19.7. The van der Waals surface area contributed by atoms with E-state index in [1.807, 2.05) is 170 Å². The number of hydrogen-bond donors (Lipinski definition) is 4. The van der Waals surface area contributed by atoms with Gasteiger partial charge in [0.05, 0.1) is 38.1 Å². The van der Waals surface area contributed by atoms with Gasteiger partial charge in [0.15, 0.2) is 0 Å². The van der Waals surface area contributed by atoms with Gasteiger partial charge in [0.1, 0.15) is 9.49 Å². The molecule has 0 saturated carbocycles. The Balaban J connectivity index is 0.885. The molecule has 4 heterocycles. The Labute approximate surface area is 470 Å². The summed E-state index contributed by atoms with van der Waals surface area (Å²) in [6.45, 7) is 5.13. The van der Waals surface area contributed by atoms with Crippen molar-refractivity contribution < 1.29 is 23.9 Å². The summed E-state index contributed by atoms with van der Waals surface area (Å²) in [6.07, 6.45) is 3.67. The number of rotatable bonds is 18. The lowest BCUT2D eigenvalue weighted by Crippen LogP contribution is -2.49. The standard InChI is InChI=1S/C58H52Br2Cl2N6O5S2/c1-35-3-17-43(18-4-35)74-57(29-51(69)67(33-37-7-11-39(59)12-8-37)53(57)47-31-65-49-27-41(61)15-21-45(47)49)55(71)63-23-25-73-26-24-64-56(72)58(75-44-19-5-36(2)6-20-44)30-52(70)68(34-38-9-13-40(60)14-10-38)54(58)48-32-66-50-28-42(62)16-22-46(48)50/h3-22,27-28,31-32,53-54,65-66H,23-26,29-30,33-34H2,1-2H3,(H,63,71)(H,64,72). The highest BCUT2D eigenvalue weighted by Crippen LogP contribution is 2.56. The van der Waals surface area contributed by atoms with Crippen LogP contribution in [0.15, 0.2) is 165 Å². The number of thioether (sulfide) groups is 2. The number of halogens is 4. The van der Waals surface area contributed by atoms with Crippen molar-refractivity contribution in [1.29, 1.82) is 0 Å². The molecule has 10 rings (SSSR count). The number of likely N-dealkylation sites (tertiary alicyclic amines) is 2. The van der Waals surface area contributed by atoms with E-state index in [1.165, 1.54) is 23.5 Å². The van der Waals surface area contributed by atoms with Crippen molar-refractivity contribution in [1.82, 2.24) is 30.4 Å². The van der Waals surface area contributed by atoms with Crippen LogP contribution in [0.1, 0.15) is 58.3 Å². The van der Waals surface area contributed by atoms with Crippen molar-refractivity contribution in [2.24, 2.45) is 0 Å². The van der Waals surface area contributed by atoms with Crippen LogP contribution in [0.5, 0.6) is 0 Å². The van der Waals surface area contributed by atoms with Crippen LogP contribution in [0.4, 0.5) is 0 Å². The van der Waals surface area contributed by atoms with Crippen LogP contribution in [0, 0.1) is 13.8 Å². The van der Waals surface area contributed by atoms with E-state index in [-0.39, 0.29) is 75.9 Å². The summed E-state index contributed by atoms with van der Waals surface area (Å²) in [5, 5.41) is 9.19. The van der Waals surface area contributed by atoms with Gasteiger partial charge in [-0.2, -0.15) is 0 Å². The second-order valence-corrected chi connectivity index (χ2v) is 24.6. The number of nitrogens with one attached hydrogen (secondary N) is 4. The molecule has 11 nitrogen and oxygen atoms in total. The SMILES string of the molecule is Cc1ccc(SC2(C(=O)NCCOCCNC(=O)C3(Sc4ccc(C)cc4)CC(=O)N(Cc4ccc(Br)cc4)C3c3c[nH]c4cc(Cl)ccc34)CC(=O)N(Cc3ccc(Br)cc3)C2c2c[nH]c3cc(Cl)ccc23)cc1. The highest BCUT2D eigenvalue weighted by Gasteiger charge is 2.60. The van der Waals surface area contributed by atoms with E-state index in [2.05, 4.69) is 52.5 Å². The molecule has 6 aromatic carbocycles. The van der Waals surface area contributed by atoms with E-state index in [1.54, 1.807) is 0 Å². The summed E-state index contributed by atoms with van der Waals surface area (Å²) in [5.41, 5.74) is 7.21. The molecule has 2 fully saturated rings. The maximum absolute atomic E-state index is 15.2. The number of nitrogens with zero attached hydrogens (tertiary/aromatic N) is 2. The van der Waals surface area contributed by atoms with Crippen LogP contribution in [-0.4, -0.2) is 79.2 Å². The van der Waals surface area contributed by atoms with Gasteiger partial charge >= 0.3 is 0 Å². The Morgan fingerprint density at radius 2 is 0.987 bits per heavy atom. The van der Waals surface area contributed by atoms with Crippen LogP contribution < -0.4 is 10.6 Å². The molecule has 4 atom stereocenters. The number of aromatic amines is 2. The summed E-state index contributed by atoms with van der Waals surface area (Å²) in [7, 11) is 0. The second-order valence-electron chi connectivity index (χ2n) is 19.1. The van der Waals surface area contributed by atoms with E-state index in [0.29, 0.717) is 10.0 Å². The van der Waals surface area contributed by atoms with Gasteiger partial charge in [-0.3, -0.25) is 19.2 Å². The maximum Gasteiger partial charge on any atom is 0.239 e. The number of aryl methyl sites for hydroxylation is 2. The molecule has 0 radical (unpaired) electrons. The van der Waals surface area contributed by atoms with Crippen LogP contribution in [-0.2, 0) is 37.0 Å². The lowest BCUT2D eigenvalue weighted by Gasteiger charge is -2.36. The summed E-state index contributed by atoms with van der Waals surface area (Å²) in [6, 6.07) is 41.5. The van der Waals surface area contributed by atoms with Crippen molar-refractivity contribution in [3.05, 3.63) is 198 Å². The molecule has 0 bridgehead atoms. The molecule has 8 aromatic rings. The van der Waals surface area contributed by atoms with Gasteiger partial charge in [-0.25, -0.2) is 0 Å². The van der Waals surface area contributed by atoms with Crippen molar-refractivity contribution in [2.75, 3.05) is 26.3 Å². The average Bonchev–Trinajstić information content (AvgIpc) is 4.22. The molecule has 2 aliphatic heterocycles. The third-order valence-electron chi connectivity index (χ3n) is 13.9. The molecule has 2 aromatic heterocycles. The van der Waals surface area contributed by atoms with E-state index >= 15 is 9.59 Å². The highest BCUT2D eigenvalue weighted by molar-refractivity contribution is 9.10. The molecule has 75 heavy (non-hydrogen) atoms. The van der Waals surface area contributed by atoms with Crippen molar-refractivity contribution >= 4 is 124 Å². The number of ether oxygens (including phenoxy) is 1. The summed E-state index contributed by atoms with van der Waals surface area (Å²) in [4.78, 5) is 71.4. The molecule has 0 spiro atoms. The van der Waals surface area contributed by atoms with Gasteiger partial charge < -0.3 is 35.1 Å². The molecule has 0 aliphatic carbocycles. The molecule has 4 amide bonds. The number of carbonyl (C=O) groups is 4. The van der Waals surface area contributed by atoms with Gasteiger partial charge in [0.25, 0.3) is 0 Å². The van der Waals surface area contributed by atoms with Crippen LogP contribution >= 0.6 is 78.6 Å². The van der Waals surface area contributed by atoms with Crippen molar-refractivity contribution in [3.8, 4) is 0 Å². The van der Waals surface area contributed by atoms with Gasteiger partial charge in [-0.15, -0.1) is 23.5 Å². The number of amides is 4. The zero-order valence-corrected chi connectivity index (χ0v) is 47.2. The topological polar surface area (TPSA) is 140 Å². The van der Waals surface area contributed by atoms with E-state index in [9.17, 15) is 9.59 Å². The predicted molar refractivity (Wildman–Crippen MR) is 307 cm³/mol. The number of H-pyrrole nitrogens is 2. The van der Waals surface area contributed by atoms with Crippen LogP contribution in [0.2, 0.25) is 10.0 Å². The highest BCUT2D eigenvalue weighted by atomic mass is 79.9. The number of benzene rings is 6. The number of fused-ring (bicyclic) bond motifs is 2. The first-order valence-electron chi connectivity index (χ1n) is 24.5. The van der Waals surface area contributed by atoms with Crippen molar-refractivity contribution in [2.45, 2.75) is 71.1 Å². The lowest BCUT2D eigenvalue weighted by molar-refractivity contribution is -0.130. The third kappa shape index (κ3) is 11.2. The monoisotopic (exact) mass is 1200 g/mol. The van der Waals surface area contributed by atoms with Crippen molar-refractivity contribution in [3.63, 3.8) is 0 Å². The number of aromatic nitrogens is 2. The average molecular weight is 1210 g/mol. The fraction of sp³-hybridized carbons (Fsp3) is 0.241. The van der Waals surface area contributed by atoms with Crippen LogP contribution in [0.25, 0.3) is 21.8 Å². The molecule has 2 aliphatic rings. The minimum atomic E-state index is -1.30. The lowest BCUT2D eigenvalue weighted by atomic mass is 9.91. The first kappa shape index (κ1) is 52.9. The Kier molecular flexibility index (Phi) is 15.9. The molecule has 384 valence electrons. The zero-order chi connectivity index (χ0) is 52.4. The zero-order valence-electron chi connectivity index (χ0n) is 40.9. The number of hydrogen-bond acceptors (Lipinski definition) is 7. The summed E-state index contributed by atoms with van der Waals surface area (Å²) < 4.78 is 5.39. The summed E-state index contributed by atoms with van der Waals surface area (Å²) >= 11 is 22.8. The van der Waals surface area contributed by atoms with Gasteiger partial charge in [0, 0.05) is 100 Å². The number of carbonyl (C=O) groups excluding carboxylic acids is 4. The Hall–Kier alpha value is -5.52. The van der Waals surface area contributed by atoms with E-state index < -0.39 is 21.6 Å². The molecule has 4 N–H and O–H groups in total. The largest absolute Gasteiger partial charge is 0.378 e. The minimum absolute atomic E-state index is 0.0512. The summed E-state index contributed by atoms with van der Waals surface area (Å²) in [5.74, 6) is -0.903. The third-order valence-corrected chi connectivity index (χ3v) is 18.3. The van der Waals surface area contributed by atoms with E-state index in [4.69, 9.17) is 27.9 Å². The van der Waals surface area contributed by atoms with Crippen LogP contribution in [0.3, 0.4) is 0 Å². The first-order valence-corrected chi connectivity index (χ1v) is 28.4. The molecule has 4 unspecified atom stereocenters. The molecule has 17 heteroatoms. The van der Waals surface area contributed by atoms with Gasteiger partial charge in [0.2, 0.25) is 23.6 Å². The molecular formula is C58H52Br2Cl2N6O5S2. The first-order chi connectivity index (χ1) is 36.2. The molecular weight excluding hydrogens is 1160 g/mol. The predicted octanol–water partition coefficient (Wildman–Crippen LogP) is 13.1. The minimum Gasteiger partial charge on any atom is -0.378 e. The quantitative estimate of drug-likeness (QED) is 0.0627. The second kappa shape index (κ2) is 22.6. The fourth-order valence-corrected chi connectivity index (χ4v) is 14.0. The Morgan fingerprint density at radius 3 is 1.37 bits per heavy atom. The Bertz CT molecular complexity index is 3190. The molecule has 2 saturated heterocycles.